The van der Waals surface area contributed by atoms with E-state index in [1.165, 1.54) is 31.6 Å². The maximum Gasteiger partial charge on any atom is 0.339 e. The Hall–Kier alpha value is -2.76. The number of hydrogen-bond acceptors (Lipinski definition) is 4. The SMILES string of the molecule is COc1cc(NC(=O)c2coc(C)c2)ccc1C(=O)O. The van der Waals surface area contributed by atoms with Crippen molar-refractivity contribution in [3.05, 3.63) is 47.4 Å². The Morgan fingerprint density at radius 1 is 1.30 bits per heavy atom. The molecule has 0 atom stereocenters. The molecule has 0 bridgehead atoms. The van der Waals surface area contributed by atoms with Crippen molar-refractivity contribution in [2.75, 3.05) is 12.4 Å². The van der Waals surface area contributed by atoms with Crippen LogP contribution in [0.25, 0.3) is 0 Å². The van der Waals surface area contributed by atoms with E-state index in [2.05, 4.69) is 5.32 Å². The van der Waals surface area contributed by atoms with Crippen molar-refractivity contribution in [2.24, 2.45) is 0 Å². The Labute approximate surface area is 115 Å². The van der Waals surface area contributed by atoms with Crippen LogP contribution in [0.15, 0.2) is 34.9 Å². The smallest absolute Gasteiger partial charge is 0.339 e. The lowest BCUT2D eigenvalue weighted by Crippen LogP contribution is -2.11. The highest BCUT2D eigenvalue weighted by Crippen LogP contribution is 2.23. The summed E-state index contributed by atoms with van der Waals surface area (Å²) in [5, 5.41) is 11.6. The van der Waals surface area contributed by atoms with E-state index in [0.29, 0.717) is 17.0 Å². The highest BCUT2D eigenvalue weighted by Gasteiger charge is 2.13. The van der Waals surface area contributed by atoms with E-state index >= 15 is 0 Å². The predicted molar refractivity (Wildman–Crippen MR) is 71.4 cm³/mol. The van der Waals surface area contributed by atoms with E-state index < -0.39 is 5.97 Å². The number of hydrogen-bond donors (Lipinski definition) is 2. The Bertz CT molecular complexity index is 659. The van der Waals surface area contributed by atoms with Gasteiger partial charge in [0.05, 0.1) is 12.7 Å². The second-order valence-electron chi connectivity index (χ2n) is 4.12. The van der Waals surface area contributed by atoms with Crippen molar-refractivity contribution in [1.29, 1.82) is 0 Å². The minimum absolute atomic E-state index is 0.0321. The van der Waals surface area contributed by atoms with E-state index in [-0.39, 0.29) is 17.2 Å². The number of carboxylic acids is 1. The average Bonchev–Trinajstić information content (AvgIpc) is 2.85. The Morgan fingerprint density at radius 3 is 2.60 bits per heavy atom. The molecule has 0 unspecified atom stereocenters. The second-order valence-corrected chi connectivity index (χ2v) is 4.12. The van der Waals surface area contributed by atoms with Gasteiger partial charge < -0.3 is 19.6 Å². The van der Waals surface area contributed by atoms with Crippen molar-refractivity contribution in [2.45, 2.75) is 6.92 Å². The molecule has 2 aromatic rings. The van der Waals surface area contributed by atoms with Crippen molar-refractivity contribution >= 4 is 17.6 Å². The summed E-state index contributed by atoms with van der Waals surface area (Å²) in [6, 6.07) is 5.93. The number of furan rings is 1. The lowest BCUT2D eigenvalue weighted by Gasteiger charge is -2.08. The van der Waals surface area contributed by atoms with Crippen LogP contribution in [-0.2, 0) is 0 Å². The molecule has 0 fully saturated rings. The molecule has 0 radical (unpaired) electrons. The highest BCUT2D eigenvalue weighted by atomic mass is 16.5. The lowest BCUT2D eigenvalue weighted by atomic mass is 10.1. The molecular weight excluding hydrogens is 262 g/mol. The number of ether oxygens (including phenoxy) is 1. The number of amides is 1. The van der Waals surface area contributed by atoms with Crippen LogP contribution >= 0.6 is 0 Å². The summed E-state index contributed by atoms with van der Waals surface area (Å²) >= 11 is 0. The average molecular weight is 275 g/mol. The van der Waals surface area contributed by atoms with Gasteiger partial charge in [-0.25, -0.2) is 4.79 Å². The fourth-order valence-electron chi connectivity index (χ4n) is 1.71. The minimum Gasteiger partial charge on any atom is -0.496 e. The number of aryl methyl sites for hydroxylation is 1. The van der Waals surface area contributed by atoms with E-state index in [4.69, 9.17) is 14.3 Å². The van der Waals surface area contributed by atoms with E-state index in [1.54, 1.807) is 13.0 Å². The zero-order chi connectivity index (χ0) is 14.7. The maximum atomic E-state index is 11.9. The number of methoxy groups -OCH3 is 1. The summed E-state index contributed by atoms with van der Waals surface area (Å²) in [5.41, 5.74) is 0.865. The standard InChI is InChI=1S/C14H13NO5/c1-8-5-9(7-20-8)13(16)15-10-3-4-11(14(17)18)12(6-10)19-2/h3-7H,1-2H3,(H,15,16)(H,17,18). The Kier molecular flexibility index (Phi) is 3.74. The van der Waals surface area contributed by atoms with Crippen molar-refractivity contribution in [3.63, 3.8) is 0 Å². The van der Waals surface area contributed by atoms with Crippen LogP contribution < -0.4 is 10.1 Å². The summed E-state index contributed by atoms with van der Waals surface area (Å²) in [6.45, 7) is 1.74. The third kappa shape index (κ3) is 2.80. The molecule has 0 saturated heterocycles. The van der Waals surface area contributed by atoms with Crippen LogP contribution in [0.5, 0.6) is 5.75 Å². The predicted octanol–water partition coefficient (Wildman–Crippen LogP) is 2.55. The van der Waals surface area contributed by atoms with Crippen LogP contribution in [0.4, 0.5) is 5.69 Å². The van der Waals surface area contributed by atoms with Gasteiger partial charge in [0.2, 0.25) is 0 Å². The van der Waals surface area contributed by atoms with Gasteiger partial charge in [0.25, 0.3) is 5.91 Å². The number of carbonyl (C=O) groups is 2. The first kappa shape index (κ1) is 13.7. The largest absolute Gasteiger partial charge is 0.496 e. The first-order chi connectivity index (χ1) is 9.51. The molecule has 104 valence electrons. The monoisotopic (exact) mass is 275 g/mol. The lowest BCUT2D eigenvalue weighted by molar-refractivity contribution is 0.0693. The number of carbonyl (C=O) groups excluding carboxylic acids is 1. The molecule has 6 heteroatoms. The van der Waals surface area contributed by atoms with Crippen molar-refractivity contribution in [1.82, 2.24) is 0 Å². The van der Waals surface area contributed by atoms with Crippen LogP contribution in [0, 0.1) is 6.92 Å². The fourth-order valence-corrected chi connectivity index (χ4v) is 1.71. The molecule has 0 saturated carbocycles. The molecule has 1 heterocycles. The Morgan fingerprint density at radius 2 is 2.05 bits per heavy atom. The molecule has 1 aromatic heterocycles. The fraction of sp³-hybridized carbons (Fsp3) is 0.143. The quantitative estimate of drug-likeness (QED) is 0.895. The third-order valence-electron chi connectivity index (χ3n) is 2.68. The molecule has 2 N–H and O–H groups in total. The van der Waals surface area contributed by atoms with Gasteiger partial charge >= 0.3 is 5.97 Å². The van der Waals surface area contributed by atoms with Gasteiger partial charge in [-0.15, -0.1) is 0 Å². The zero-order valence-electron chi connectivity index (χ0n) is 11.0. The number of carboxylic acid groups (broad SMARTS) is 1. The Balaban J connectivity index is 2.22. The molecular formula is C14H13NO5. The molecule has 0 aliphatic carbocycles. The minimum atomic E-state index is -1.09. The van der Waals surface area contributed by atoms with Gasteiger partial charge in [0.1, 0.15) is 23.3 Å². The van der Waals surface area contributed by atoms with Gasteiger partial charge in [-0.05, 0) is 25.1 Å². The van der Waals surface area contributed by atoms with E-state index in [1.807, 2.05) is 0 Å². The molecule has 20 heavy (non-hydrogen) atoms. The number of rotatable bonds is 4. The number of benzene rings is 1. The highest BCUT2D eigenvalue weighted by molar-refractivity contribution is 6.04. The summed E-state index contributed by atoms with van der Waals surface area (Å²) in [5.74, 6) is -0.621. The van der Waals surface area contributed by atoms with Crippen LogP contribution in [-0.4, -0.2) is 24.1 Å². The first-order valence-electron chi connectivity index (χ1n) is 5.79. The molecule has 0 aliphatic heterocycles. The van der Waals surface area contributed by atoms with Crippen LogP contribution in [0.1, 0.15) is 26.5 Å². The normalized spacial score (nSPS) is 10.1. The van der Waals surface area contributed by atoms with Crippen molar-refractivity contribution < 1.29 is 23.8 Å². The topological polar surface area (TPSA) is 88.8 Å². The van der Waals surface area contributed by atoms with E-state index in [0.717, 1.165) is 0 Å². The number of aromatic carboxylic acids is 1. The molecule has 2 rings (SSSR count). The third-order valence-corrected chi connectivity index (χ3v) is 2.68. The first-order valence-corrected chi connectivity index (χ1v) is 5.79. The molecule has 1 aromatic carbocycles. The molecule has 0 aliphatic rings. The van der Waals surface area contributed by atoms with Gasteiger partial charge in [-0.2, -0.15) is 0 Å². The van der Waals surface area contributed by atoms with Crippen LogP contribution in [0.2, 0.25) is 0 Å². The van der Waals surface area contributed by atoms with Gasteiger partial charge in [0.15, 0.2) is 0 Å². The maximum absolute atomic E-state index is 11.9. The molecule has 0 spiro atoms. The van der Waals surface area contributed by atoms with Crippen LogP contribution in [0.3, 0.4) is 0 Å². The number of nitrogens with one attached hydrogen (secondary N) is 1. The molecule has 6 nitrogen and oxygen atoms in total. The van der Waals surface area contributed by atoms with Crippen molar-refractivity contribution in [3.8, 4) is 5.75 Å². The number of anilines is 1. The van der Waals surface area contributed by atoms with Gasteiger partial charge in [-0.1, -0.05) is 0 Å². The van der Waals surface area contributed by atoms with Gasteiger partial charge in [-0.3, -0.25) is 4.79 Å². The van der Waals surface area contributed by atoms with E-state index in [9.17, 15) is 9.59 Å². The summed E-state index contributed by atoms with van der Waals surface area (Å²) in [6.07, 6.45) is 1.35. The zero-order valence-corrected chi connectivity index (χ0v) is 11.0. The summed E-state index contributed by atoms with van der Waals surface area (Å²) in [4.78, 5) is 22.9. The van der Waals surface area contributed by atoms with Gasteiger partial charge in [0, 0.05) is 11.8 Å². The summed E-state index contributed by atoms with van der Waals surface area (Å²) in [7, 11) is 1.37. The second kappa shape index (κ2) is 5.48. The summed E-state index contributed by atoms with van der Waals surface area (Å²) < 4.78 is 10.0. The molecule has 1 amide bonds.